The van der Waals surface area contributed by atoms with Crippen LogP contribution in [-0.4, -0.2) is 17.3 Å². The van der Waals surface area contributed by atoms with E-state index in [-0.39, 0.29) is 0 Å². The molecule has 86 valence electrons. The highest BCUT2D eigenvalue weighted by atomic mass is 79.9. The standard InChI is InChI=1S/C13H17BrN2/c1-10(11-5-7-12(14)8-6-11)16-9-3-2-4-13(16)15/h5-8,10,15H,2-4,9H2,1H3. The first-order valence-corrected chi connectivity index (χ1v) is 6.57. The van der Waals surface area contributed by atoms with Gasteiger partial charge in [0.05, 0.1) is 11.9 Å². The molecule has 0 radical (unpaired) electrons. The number of hydrogen-bond acceptors (Lipinski definition) is 1. The molecule has 0 spiro atoms. The molecule has 16 heavy (non-hydrogen) atoms. The van der Waals surface area contributed by atoms with E-state index in [4.69, 9.17) is 5.41 Å². The minimum atomic E-state index is 0.320. The first kappa shape index (κ1) is 11.6. The molecule has 1 aromatic rings. The van der Waals surface area contributed by atoms with Gasteiger partial charge in [0.1, 0.15) is 0 Å². The Kier molecular flexibility index (Phi) is 3.64. The summed E-state index contributed by atoms with van der Waals surface area (Å²) in [5.41, 5.74) is 1.29. The van der Waals surface area contributed by atoms with E-state index in [0.29, 0.717) is 6.04 Å². The lowest BCUT2D eigenvalue weighted by molar-refractivity contribution is 0.299. The minimum absolute atomic E-state index is 0.320. The van der Waals surface area contributed by atoms with Gasteiger partial charge in [-0.05, 0) is 37.5 Å². The van der Waals surface area contributed by atoms with Crippen LogP contribution in [0.4, 0.5) is 0 Å². The summed E-state index contributed by atoms with van der Waals surface area (Å²) in [5.74, 6) is 0.793. The van der Waals surface area contributed by atoms with Crippen molar-refractivity contribution < 1.29 is 0 Å². The van der Waals surface area contributed by atoms with Crippen LogP contribution in [-0.2, 0) is 0 Å². The first-order chi connectivity index (χ1) is 7.68. The number of hydrogen-bond donors (Lipinski definition) is 1. The lowest BCUT2D eigenvalue weighted by atomic mass is 10.0. The molecule has 2 rings (SSSR count). The maximum Gasteiger partial charge on any atom is 0.0962 e. The van der Waals surface area contributed by atoms with Crippen LogP contribution in [0.1, 0.15) is 37.8 Å². The Morgan fingerprint density at radius 2 is 1.94 bits per heavy atom. The van der Waals surface area contributed by atoms with Crippen LogP contribution in [0, 0.1) is 5.41 Å². The molecule has 1 unspecified atom stereocenters. The summed E-state index contributed by atoms with van der Waals surface area (Å²) in [6.07, 6.45) is 3.31. The van der Waals surface area contributed by atoms with Gasteiger partial charge in [-0.2, -0.15) is 0 Å². The molecule has 0 saturated carbocycles. The first-order valence-electron chi connectivity index (χ1n) is 5.78. The van der Waals surface area contributed by atoms with Crippen molar-refractivity contribution in [3.63, 3.8) is 0 Å². The van der Waals surface area contributed by atoms with Crippen LogP contribution in [0.15, 0.2) is 28.7 Å². The quantitative estimate of drug-likeness (QED) is 0.872. The molecule has 2 nitrogen and oxygen atoms in total. The normalized spacial score (nSPS) is 18.6. The van der Waals surface area contributed by atoms with Gasteiger partial charge >= 0.3 is 0 Å². The Morgan fingerprint density at radius 1 is 1.25 bits per heavy atom. The molecule has 0 aliphatic carbocycles. The summed E-state index contributed by atoms with van der Waals surface area (Å²) in [6.45, 7) is 3.21. The van der Waals surface area contributed by atoms with Gasteiger partial charge in [0.15, 0.2) is 0 Å². The van der Waals surface area contributed by atoms with E-state index in [1.165, 1.54) is 18.4 Å². The Hall–Kier alpha value is -0.830. The number of amidine groups is 1. The summed E-state index contributed by atoms with van der Waals surface area (Å²) in [4.78, 5) is 2.22. The predicted molar refractivity (Wildman–Crippen MR) is 70.8 cm³/mol. The molecule has 1 aliphatic heterocycles. The predicted octanol–water partition coefficient (Wildman–Crippen LogP) is 3.97. The lowest BCUT2D eigenvalue weighted by Gasteiger charge is -2.35. The fourth-order valence-electron chi connectivity index (χ4n) is 2.20. The van der Waals surface area contributed by atoms with Crippen LogP contribution in [0.25, 0.3) is 0 Å². The number of likely N-dealkylation sites (tertiary alicyclic amines) is 1. The molecule has 1 N–H and O–H groups in total. The number of halogens is 1. The molecule has 0 bridgehead atoms. The van der Waals surface area contributed by atoms with E-state index >= 15 is 0 Å². The molecule has 1 saturated heterocycles. The SMILES string of the molecule is CC(c1ccc(Br)cc1)N1CCCCC1=N. The van der Waals surface area contributed by atoms with Crippen molar-refractivity contribution in [3.05, 3.63) is 34.3 Å². The average Bonchev–Trinajstić information content (AvgIpc) is 2.30. The van der Waals surface area contributed by atoms with Crippen molar-refractivity contribution in [2.75, 3.05) is 6.54 Å². The lowest BCUT2D eigenvalue weighted by Crippen LogP contribution is -2.36. The molecular formula is C13H17BrN2. The number of nitrogens with zero attached hydrogens (tertiary/aromatic N) is 1. The van der Waals surface area contributed by atoms with E-state index < -0.39 is 0 Å². The van der Waals surface area contributed by atoms with Crippen molar-refractivity contribution in [2.45, 2.75) is 32.2 Å². The van der Waals surface area contributed by atoms with Crippen LogP contribution in [0.5, 0.6) is 0 Å². The molecule has 1 fully saturated rings. The van der Waals surface area contributed by atoms with Gasteiger partial charge in [-0.3, -0.25) is 5.41 Å². The Morgan fingerprint density at radius 3 is 2.56 bits per heavy atom. The van der Waals surface area contributed by atoms with E-state index in [9.17, 15) is 0 Å². The Balaban J connectivity index is 2.14. The molecule has 0 aromatic heterocycles. The van der Waals surface area contributed by atoms with Gasteiger partial charge in [0, 0.05) is 17.4 Å². The third kappa shape index (κ3) is 2.46. The van der Waals surface area contributed by atoms with E-state index in [1.54, 1.807) is 0 Å². The van der Waals surface area contributed by atoms with Gasteiger partial charge in [-0.1, -0.05) is 28.1 Å². The smallest absolute Gasteiger partial charge is 0.0962 e. The Bertz CT molecular complexity index is 372. The van der Waals surface area contributed by atoms with E-state index in [2.05, 4.69) is 52.0 Å². The highest BCUT2D eigenvalue weighted by molar-refractivity contribution is 9.10. The molecule has 1 heterocycles. The third-order valence-corrected chi connectivity index (χ3v) is 3.76. The number of piperidine rings is 1. The molecular weight excluding hydrogens is 264 g/mol. The van der Waals surface area contributed by atoms with Crippen LogP contribution in [0.3, 0.4) is 0 Å². The summed E-state index contributed by atoms with van der Waals surface area (Å²) < 4.78 is 1.11. The maximum absolute atomic E-state index is 7.98. The monoisotopic (exact) mass is 280 g/mol. The minimum Gasteiger partial charge on any atom is -0.354 e. The van der Waals surface area contributed by atoms with Crippen LogP contribution in [0.2, 0.25) is 0 Å². The average molecular weight is 281 g/mol. The molecule has 1 atom stereocenters. The second-order valence-electron chi connectivity index (χ2n) is 4.32. The summed E-state index contributed by atoms with van der Waals surface area (Å²) in [6, 6.07) is 8.73. The largest absolute Gasteiger partial charge is 0.354 e. The van der Waals surface area contributed by atoms with Crippen molar-refractivity contribution in [2.24, 2.45) is 0 Å². The molecule has 3 heteroatoms. The van der Waals surface area contributed by atoms with E-state index in [1.807, 2.05) is 0 Å². The summed E-state index contributed by atoms with van der Waals surface area (Å²) in [7, 11) is 0. The highest BCUT2D eigenvalue weighted by Crippen LogP contribution is 2.25. The zero-order valence-corrected chi connectivity index (χ0v) is 11.1. The fraction of sp³-hybridized carbons (Fsp3) is 0.462. The van der Waals surface area contributed by atoms with Gasteiger partial charge in [0.2, 0.25) is 0 Å². The fourth-order valence-corrected chi connectivity index (χ4v) is 2.47. The van der Waals surface area contributed by atoms with Crippen LogP contribution >= 0.6 is 15.9 Å². The number of rotatable bonds is 2. The van der Waals surface area contributed by atoms with Gasteiger partial charge in [-0.25, -0.2) is 0 Å². The molecule has 1 aliphatic rings. The summed E-state index contributed by atoms with van der Waals surface area (Å²) >= 11 is 3.45. The molecule has 0 amide bonds. The van der Waals surface area contributed by atoms with Crippen LogP contribution < -0.4 is 0 Å². The molecule has 1 aromatic carbocycles. The summed E-state index contributed by atoms with van der Waals surface area (Å²) in [5, 5.41) is 7.98. The Labute approximate surface area is 105 Å². The maximum atomic E-state index is 7.98. The van der Waals surface area contributed by atoms with Gasteiger partial charge in [-0.15, -0.1) is 0 Å². The highest BCUT2D eigenvalue weighted by Gasteiger charge is 2.21. The van der Waals surface area contributed by atoms with Gasteiger partial charge in [0.25, 0.3) is 0 Å². The van der Waals surface area contributed by atoms with Crippen molar-refractivity contribution in [3.8, 4) is 0 Å². The number of benzene rings is 1. The van der Waals surface area contributed by atoms with Crippen molar-refractivity contribution in [1.29, 1.82) is 5.41 Å². The zero-order valence-electron chi connectivity index (χ0n) is 9.54. The zero-order chi connectivity index (χ0) is 11.5. The topological polar surface area (TPSA) is 27.1 Å². The van der Waals surface area contributed by atoms with Crippen molar-refractivity contribution in [1.82, 2.24) is 4.90 Å². The second kappa shape index (κ2) is 5.00. The van der Waals surface area contributed by atoms with Gasteiger partial charge < -0.3 is 4.90 Å². The van der Waals surface area contributed by atoms with Crippen molar-refractivity contribution >= 4 is 21.8 Å². The number of nitrogens with one attached hydrogen (secondary N) is 1. The van der Waals surface area contributed by atoms with E-state index in [0.717, 1.165) is 23.3 Å². The second-order valence-corrected chi connectivity index (χ2v) is 5.24. The third-order valence-electron chi connectivity index (χ3n) is 3.23.